The SMILES string of the molecule is CC.CSC1=NC(Cc2ccc(C)cc2)C(N(C(=O)OC(C)(C)C)c2ccc(OC(C)C)cc2)=CN1. The lowest BCUT2D eigenvalue weighted by molar-refractivity contribution is 0.0589. The van der Waals surface area contributed by atoms with Gasteiger partial charge in [0.25, 0.3) is 0 Å². The van der Waals surface area contributed by atoms with Crippen molar-refractivity contribution in [1.82, 2.24) is 5.32 Å². The molecule has 196 valence electrons. The fourth-order valence-corrected chi connectivity index (χ4v) is 3.92. The van der Waals surface area contributed by atoms with E-state index in [0.29, 0.717) is 12.1 Å². The molecule has 1 atom stereocenters. The molecule has 0 saturated heterocycles. The predicted molar refractivity (Wildman–Crippen MR) is 153 cm³/mol. The standard InChI is InChI=1S/C27H35N3O3S.C2H6/c1-18(2)32-22-14-12-21(13-15-22)30(26(31)33-27(4,5)6)24-17-28-25(34-7)29-23(24)16-20-10-8-19(3)9-11-20;1-2/h8-15,17-18,23H,16H2,1-7H3,(H,28,29);1-2H3. The van der Waals surface area contributed by atoms with E-state index < -0.39 is 11.7 Å². The lowest BCUT2D eigenvalue weighted by Gasteiger charge is -2.33. The number of ether oxygens (including phenoxy) is 2. The van der Waals surface area contributed by atoms with Crippen LogP contribution in [0.5, 0.6) is 5.75 Å². The fraction of sp³-hybridized carbons (Fsp3) is 0.448. The first kappa shape index (κ1) is 29.3. The van der Waals surface area contributed by atoms with Crippen molar-refractivity contribution in [3.8, 4) is 5.75 Å². The maximum Gasteiger partial charge on any atom is 0.419 e. The second-order valence-corrected chi connectivity index (χ2v) is 10.3. The highest BCUT2D eigenvalue weighted by Gasteiger charge is 2.32. The van der Waals surface area contributed by atoms with Crippen molar-refractivity contribution >= 4 is 28.7 Å². The van der Waals surface area contributed by atoms with Crippen molar-refractivity contribution in [3.05, 3.63) is 71.6 Å². The number of hydrogen-bond donors (Lipinski definition) is 1. The van der Waals surface area contributed by atoms with Gasteiger partial charge in [-0.1, -0.05) is 55.4 Å². The van der Waals surface area contributed by atoms with E-state index >= 15 is 0 Å². The van der Waals surface area contributed by atoms with Gasteiger partial charge in [0, 0.05) is 12.6 Å². The van der Waals surface area contributed by atoms with Gasteiger partial charge in [0.15, 0.2) is 5.17 Å². The molecule has 0 aromatic heterocycles. The number of anilines is 1. The van der Waals surface area contributed by atoms with Crippen molar-refractivity contribution < 1.29 is 14.3 Å². The van der Waals surface area contributed by atoms with E-state index in [1.54, 1.807) is 16.7 Å². The third-order valence-corrected chi connectivity index (χ3v) is 5.61. The molecule has 0 radical (unpaired) electrons. The first-order valence-corrected chi connectivity index (χ1v) is 13.7. The van der Waals surface area contributed by atoms with Crippen LogP contribution in [0.25, 0.3) is 0 Å². The van der Waals surface area contributed by atoms with Gasteiger partial charge in [-0.3, -0.25) is 4.99 Å². The molecule has 0 saturated carbocycles. The molecule has 2 aromatic carbocycles. The van der Waals surface area contributed by atoms with E-state index in [-0.39, 0.29) is 12.1 Å². The van der Waals surface area contributed by atoms with Crippen LogP contribution in [0.2, 0.25) is 0 Å². The van der Waals surface area contributed by atoms with Crippen LogP contribution in [0.15, 0.2) is 65.4 Å². The van der Waals surface area contributed by atoms with Gasteiger partial charge in [0.05, 0.1) is 23.5 Å². The maximum absolute atomic E-state index is 13.5. The van der Waals surface area contributed by atoms with Gasteiger partial charge < -0.3 is 14.8 Å². The third-order valence-electron chi connectivity index (χ3n) is 5.00. The third kappa shape index (κ3) is 8.63. The van der Waals surface area contributed by atoms with Crippen LogP contribution in [0.3, 0.4) is 0 Å². The van der Waals surface area contributed by atoms with E-state index in [1.807, 2.05) is 85.2 Å². The maximum atomic E-state index is 13.5. The van der Waals surface area contributed by atoms with Gasteiger partial charge >= 0.3 is 6.09 Å². The van der Waals surface area contributed by atoms with E-state index in [4.69, 9.17) is 14.5 Å². The largest absolute Gasteiger partial charge is 0.491 e. The number of nitrogens with zero attached hydrogens (tertiary/aromatic N) is 2. The smallest absolute Gasteiger partial charge is 0.419 e. The summed E-state index contributed by atoms with van der Waals surface area (Å²) in [5.41, 5.74) is 3.13. The number of nitrogens with one attached hydrogen (secondary N) is 1. The molecule has 0 fully saturated rings. The summed E-state index contributed by atoms with van der Waals surface area (Å²) in [6.07, 6.45) is 4.12. The highest BCUT2D eigenvalue weighted by Crippen LogP contribution is 2.30. The summed E-state index contributed by atoms with van der Waals surface area (Å²) in [6, 6.07) is 15.6. The zero-order chi connectivity index (χ0) is 26.9. The Kier molecular flexibility index (Phi) is 10.9. The number of hydrogen-bond acceptors (Lipinski definition) is 6. The average molecular weight is 512 g/mol. The second-order valence-electron chi connectivity index (χ2n) is 9.53. The summed E-state index contributed by atoms with van der Waals surface area (Å²) in [7, 11) is 0. The van der Waals surface area contributed by atoms with Crippen LogP contribution >= 0.6 is 11.8 Å². The average Bonchev–Trinajstić information content (AvgIpc) is 2.82. The lowest BCUT2D eigenvalue weighted by atomic mass is 10.0. The molecule has 0 aliphatic carbocycles. The number of thioether (sulfide) groups is 1. The number of rotatable bonds is 6. The van der Waals surface area contributed by atoms with Crippen molar-refractivity contribution in [3.63, 3.8) is 0 Å². The minimum absolute atomic E-state index is 0.0660. The highest BCUT2D eigenvalue weighted by atomic mass is 32.2. The van der Waals surface area contributed by atoms with Gasteiger partial charge in [0.2, 0.25) is 0 Å². The van der Waals surface area contributed by atoms with Crippen LogP contribution in [-0.4, -0.2) is 35.3 Å². The summed E-state index contributed by atoms with van der Waals surface area (Å²) in [6.45, 7) is 15.6. The Labute approximate surface area is 221 Å². The summed E-state index contributed by atoms with van der Waals surface area (Å²) < 4.78 is 11.6. The molecule has 0 spiro atoms. The first-order valence-electron chi connectivity index (χ1n) is 12.5. The Morgan fingerprint density at radius 3 is 2.22 bits per heavy atom. The molecule has 1 N–H and O–H groups in total. The van der Waals surface area contributed by atoms with Crippen molar-refractivity contribution in [2.75, 3.05) is 11.2 Å². The quantitative estimate of drug-likeness (QED) is 0.440. The molecule has 7 heteroatoms. The first-order chi connectivity index (χ1) is 17.1. The lowest BCUT2D eigenvalue weighted by Crippen LogP contribution is -2.42. The predicted octanol–water partition coefficient (Wildman–Crippen LogP) is 7.32. The van der Waals surface area contributed by atoms with Crippen LogP contribution in [0.1, 0.15) is 59.6 Å². The minimum atomic E-state index is -0.640. The van der Waals surface area contributed by atoms with Crippen molar-refractivity contribution in [1.29, 1.82) is 0 Å². The minimum Gasteiger partial charge on any atom is -0.491 e. The molecule has 1 amide bonds. The Bertz CT molecular complexity index is 1040. The van der Waals surface area contributed by atoms with Crippen LogP contribution < -0.4 is 15.0 Å². The number of carbonyl (C=O) groups excluding carboxylic acids is 1. The molecule has 6 nitrogen and oxygen atoms in total. The number of amidine groups is 1. The van der Waals surface area contributed by atoms with Gasteiger partial charge in [0.1, 0.15) is 11.4 Å². The number of aryl methyl sites for hydroxylation is 1. The van der Waals surface area contributed by atoms with Gasteiger partial charge in [-0.15, -0.1) is 0 Å². The molecule has 1 aliphatic heterocycles. The van der Waals surface area contributed by atoms with E-state index in [0.717, 1.165) is 22.2 Å². The summed E-state index contributed by atoms with van der Waals surface area (Å²) in [4.78, 5) is 20.0. The normalized spacial score (nSPS) is 15.1. The fourth-order valence-electron chi connectivity index (χ4n) is 3.51. The monoisotopic (exact) mass is 511 g/mol. The zero-order valence-corrected chi connectivity index (χ0v) is 23.9. The van der Waals surface area contributed by atoms with Crippen LogP contribution in [-0.2, 0) is 11.2 Å². The molecular formula is C29H41N3O3S. The van der Waals surface area contributed by atoms with Gasteiger partial charge in [-0.25, -0.2) is 9.69 Å². The summed E-state index contributed by atoms with van der Waals surface area (Å²) in [5, 5.41) is 4.04. The molecule has 1 heterocycles. The van der Waals surface area contributed by atoms with E-state index in [1.165, 1.54) is 5.56 Å². The number of aliphatic imine (C=N–C) groups is 1. The molecule has 36 heavy (non-hydrogen) atoms. The van der Waals surface area contributed by atoms with E-state index in [9.17, 15) is 4.79 Å². The molecule has 0 bridgehead atoms. The molecule has 3 rings (SSSR count). The van der Waals surface area contributed by atoms with Crippen LogP contribution in [0, 0.1) is 6.92 Å². The number of benzene rings is 2. The van der Waals surface area contributed by atoms with Gasteiger partial charge in [-0.05, 0) is 77.6 Å². The molecular weight excluding hydrogens is 470 g/mol. The van der Waals surface area contributed by atoms with E-state index in [2.05, 4.69) is 36.5 Å². The Morgan fingerprint density at radius 2 is 1.69 bits per heavy atom. The molecule has 2 aromatic rings. The number of carbonyl (C=O) groups is 1. The Morgan fingerprint density at radius 1 is 1.08 bits per heavy atom. The number of amides is 1. The Hall–Kier alpha value is -2.93. The topological polar surface area (TPSA) is 63.2 Å². The summed E-state index contributed by atoms with van der Waals surface area (Å²) >= 11 is 1.54. The second kappa shape index (κ2) is 13.4. The zero-order valence-electron chi connectivity index (χ0n) is 23.1. The highest BCUT2D eigenvalue weighted by molar-refractivity contribution is 8.13. The molecule has 1 unspecified atom stereocenters. The summed E-state index contributed by atoms with van der Waals surface area (Å²) in [5.74, 6) is 0.748. The Balaban J connectivity index is 0.00000222. The molecule has 1 aliphatic rings. The van der Waals surface area contributed by atoms with Crippen molar-refractivity contribution in [2.45, 2.75) is 79.6 Å². The van der Waals surface area contributed by atoms with Crippen molar-refractivity contribution in [2.24, 2.45) is 4.99 Å². The van der Waals surface area contributed by atoms with Gasteiger partial charge in [-0.2, -0.15) is 0 Å². The van der Waals surface area contributed by atoms with Crippen LogP contribution in [0.4, 0.5) is 10.5 Å².